The van der Waals surface area contributed by atoms with Crippen molar-refractivity contribution in [1.82, 2.24) is 15.5 Å². The fourth-order valence-corrected chi connectivity index (χ4v) is 3.40. The SMILES string of the molecule is CCNC(=NCC1CCCN(CC(C)C)C1)NCCOc1ccccc1.I. The minimum atomic E-state index is 0. The molecule has 0 aromatic heterocycles. The van der Waals surface area contributed by atoms with Gasteiger partial charge in [0, 0.05) is 26.2 Å². The van der Waals surface area contributed by atoms with E-state index >= 15 is 0 Å². The van der Waals surface area contributed by atoms with Crippen molar-refractivity contribution in [2.24, 2.45) is 16.8 Å². The summed E-state index contributed by atoms with van der Waals surface area (Å²) in [6.07, 6.45) is 2.58. The molecule has 0 radical (unpaired) electrons. The monoisotopic (exact) mass is 488 g/mol. The summed E-state index contributed by atoms with van der Waals surface area (Å²) in [6, 6.07) is 9.92. The quantitative estimate of drug-likeness (QED) is 0.241. The molecule has 27 heavy (non-hydrogen) atoms. The van der Waals surface area contributed by atoms with E-state index in [1.165, 1.54) is 32.5 Å². The van der Waals surface area contributed by atoms with E-state index in [9.17, 15) is 0 Å². The van der Waals surface area contributed by atoms with Crippen LogP contribution >= 0.6 is 24.0 Å². The molecule has 0 aliphatic carbocycles. The summed E-state index contributed by atoms with van der Waals surface area (Å²) in [5, 5.41) is 6.71. The number of nitrogens with zero attached hydrogens (tertiary/aromatic N) is 2. The van der Waals surface area contributed by atoms with E-state index in [0.717, 1.165) is 37.3 Å². The normalized spacial score (nSPS) is 18.1. The van der Waals surface area contributed by atoms with Crippen LogP contribution in [-0.2, 0) is 0 Å². The van der Waals surface area contributed by atoms with Gasteiger partial charge in [0.1, 0.15) is 12.4 Å². The highest BCUT2D eigenvalue weighted by atomic mass is 127. The van der Waals surface area contributed by atoms with E-state index in [-0.39, 0.29) is 24.0 Å². The molecule has 1 saturated heterocycles. The third kappa shape index (κ3) is 10.2. The zero-order valence-electron chi connectivity index (χ0n) is 17.1. The van der Waals surface area contributed by atoms with Crippen LogP contribution in [0.1, 0.15) is 33.6 Å². The Morgan fingerprint density at radius 2 is 2.04 bits per heavy atom. The standard InChI is InChI=1S/C21H36N4O.HI/c1-4-22-21(23-12-14-26-20-10-6-5-7-11-20)24-15-19-9-8-13-25(17-19)16-18(2)3;/h5-7,10-11,18-19H,4,8-9,12-17H2,1-3H3,(H2,22,23,24);1H. The Kier molecular flexibility index (Phi) is 12.5. The van der Waals surface area contributed by atoms with Crippen molar-refractivity contribution >= 4 is 29.9 Å². The van der Waals surface area contributed by atoms with E-state index in [2.05, 4.69) is 36.3 Å². The van der Waals surface area contributed by atoms with Crippen molar-refractivity contribution in [2.75, 3.05) is 45.9 Å². The highest BCUT2D eigenvalue weighted by molar-refractivity contribution is 14.0. The van der Waals surface area contributed by atoms with Crippen LogP contribution < -0.4 is 15.4 Å². The third-order valence-corrected chi connectivity index (χ3v) is 4.48. The third-order valence-electron chi connectivity index (χ3n) is 4.48. The lowest BCUT2D eigenvalue weighted by atomic mass is 9.97. The number of likely N-dealkylation sites (tertiary alicyclic amines) is 1. The van der Waals surface area contributed by atoms with Crippen LogP contribution in [0.2, 0.25) is 0 Å². The summed E-state index contributed by atoms with van der Waals surface area (Å²) < 4.78 is 5.73. The number of para-hydroxylation sites is 1. The molecule has 1 fully saturated rings. The molecule has 1 atom stereocenters. The van der Waals surface area contributed by atoms with Crippen LogP contribution in [0.5, 0.6) is 5.75 Å². The Hall–Kier alpha value is -1.02. The summed E-state index contributed by atoms with van der Waals surface area (Å²) in [7, 11) is 0. The smallest absolute Gasteiger partial charge is 0.191 e. The molecule has 1 unspecified atom stereocenters. The van der Waals surface area contributed by atoms with Crippen molar-refractivity contribution in [3.8, 4) is 5.75 Å². The number of guanidine groups is 1. The fraction of sp³-hybridized carbons (Fsp3) is 0.667. The van der Waals surface area contributed by atoms with Crippen LogP contribution in [0.3, 0.4) is 0 Å². The first-order chi connectivity index (χ1) is 12.7. The van der Waals surface area contributed by atoms with Gasteiger partial charge in [0.05, 0.1) is 6.54 Å². The van der Waals surface area contributed by atoms with Crippen LogP contribution in [-0.4, -0.2) is 56.7 Å². The molecular weight excluding hydrogens is 451 g/mol. The van der Waals surface area contributed by atoms with E-state index < -0.39 is 0 Å². The van der Waals surface area contributed by atoms with Gasteiger partial charge >= 0.3 is 0 Å². The first-order valence-electron chi connectivity index (χ1n) is 10.1. The summed E-state index contributed by atoms with van der Waals surface area (Å²) in [6.45, 7) is 13.5. The van der Waals surface area contributed by atoms with Crippen molar-refractivity contribution in [3.05, 3.63) is 30.3 Å². The van der Waals surface area contributed by atoms with Gasteiger partial charge in [0.2, 0.25) is 0 Å². The van der Waals surface area contributed by atoms with Crippen molar-refractivity contribution in [3.63, 3.8) is 0 Å². The fourth-order valence-electron chi connectivity index (χ4n) is 3.40. The summed E-state index contributed by atoms with van der Waals surface area (Å²) in [5.41, 5.74) is 0. The number of rotatable bonds is 9. The first kappa shape index (κ1) is 24.0. The van der Waals surface area contributed by atoms with Crippen molar-refractivity contribution in [1.29, 1.82) is 0 Å². The van der Waals surface area contributed by atoms with Gasteiger partial charge in [-0.05, 0) is 50.3 Å². The Bertz CT molecular complexity index is 524. The first-order valence-corrected chi connectivity index (χ1v) is 10.1. The lowest BCUT2D eigenvalue weighted by molar-refractivity contribution is 0.162. The molecule has 1 heterocycles. The number of ether oxygens (including phenoxy) is 1. The second kappa shape index (κ2) is 14.0. The molecule has 1 aliphatic heterocycles. The number of aliphatic imine (C=N–C) groups is 1. The van der Waals surface area contributed by atoms with Gasteiger partial charge in [0.15, 0.2) is 5.96 Å². The summed E-state index contributed by atoms with van der Waals surface area (Å²) in [4.78, 5) is 7.41. The predicted molar refractivity (Wildman–Crippen MR) is 125 cm³/mol. The van der Waals surface area contributed by atoms with E-state index in [1.807, 2.05) is 30.3 Å². The topological polar surface area (TPSA) is 48.9 Å². The Morgan fingerprint density at radius 1 is 1.26 bits per heavy atom. The van der Waals surface area contributed by atoms with Crippen LogP contribution in [0.4, 0.5) is 0 Å². The number of hydrogen-bond acceptors (Lipinski definition) is 3. The van der Waals surface area contributed by atoms with Gasteiger partial charge < -0.3 is 20.3 Å². The molecule has 5 nitrogen and oxygen atoms in total. The highest BCUT2D eigenvalue weighted by Gasteiger charge is 2.20. The molecule has 0 spiro atoms. The molecule has 0 saturated carbocycles. The second-order valence-electron chi connectivity index (χ2n) is 7.47. The van der Waals surface area contributed by atoms with Gasteiger partial charge in [-0.25, -0.2) is 0 Å². The van der Waals surface area contributed by atoms with Crippen molar-refractivity contribution in [2.45, 2.75) is 33.6 Å². The largest absolute Gasteiger partial charge is 0.492 e. The molecule has 0 amide bonds. The van der Waals surface area contributed by atoms with Crippen LogP contribution in [0, 0.1) is 11.8 Å². The Morgan fingerprint density at radius 3 is 2.74 bits per heavy atom. The van der Waals surface area contributed by atoms with Crippen LogP contribution in [0.15, 0.2) is 35.3 Å². The minimum Gasteiger partial charge on any atom is -0.492 e. The maximum absolute atomic E-state index is 5.73. The summed E-state index contributed by atoms with van der Waals surface area (Å²) >= 11 is 0. The van der Waals surface area contributed by atoms with Gasteiger partial charge in [-0.3, -0.25) is 4.99 Å². The molecule has 2 rings (SSSR count). The Balaban J connectivity index is 0.00000364. The van der Waals surface area contributed by atoms with E-state index in [4.69, 9.17) is 9.73 Å². The summed E-state index contributed by atoms with van der Waals surface area (Å²) in [5.74, 6) is 3.20. The van der Waals surface area contributed by atoms with Crippen LogP contribution in [0.25, 0.3) is 0 Å². The molecule has 1 aromatic carbocycles. The van der Waals surface area contributed by atoms with Gasteiger partial charge in [-0.1, -0.05) is 32.0 Å². The zero-order valence-corrected chi connectivity index (χ0v) is 19.4. The van der Waals surface area contributed by atoms with E-state index in [0.29, 0.717) is 12.5 Å². The highest BCUT2D eigenvalue weighted by Crippen LogP contribution is 2.17. The number of nitrogens with one attached hydrogen (secondary N) is 2. The zero-order chi connectivity index (χ0) is 18.6. The lowest BCUT2D eigenvalue weighted by Crippen LogP contribution is -2.41. The minimum absolute atomic E-state index is 0. The molecule has 6 heteroatoms. The average molecular weight is 488 g/mol. The molecule has 1 aromatic rings. The predicted octanol–water partition coefficient (Wildman–Crippen LogP) is 3.61. The number of hydrogen-bond donors (Lipinski definition) is 2. The second-order valence-corrected chi connectivity index (χ2v) is 7.47. The molecular formula is C21H37IN4O. The lowest BCUT2D eigenvalue weighted by Gasteiger charge is -2.33. The number of piperidine rings is 1. The van der Waals surface area contributed by atoms with Gasteiger partial charge in [-0.15, -0.1) is 24.0 Å². The molecule has 154 valence electrons. The Labute approximate surface area is 182 Å². The van der Waals surface area contributed by atoms with Crippen molar-refractivity contribution < 1.29 is 4.74 Å². The van der Waals surface area contributed by atoms with E-state index in [1.54, 1.807) is 0 Å². The average Bonchev–Trinajstić information content (AvgIpc) is 2.64. The maximum atomic E-state index is 5.73. The number of halogens is 1. The maximum Gasteiger partial charge on any atom is 0.191 e. The van der Waals surface area contributed by atoms with Gasteiger partial charge in [-0.2, -0.15) is 0 Å². The molecule has 1 aliphatic rings. The number of benzene rings is 1. The van der Waals surface area contributed by atoms with Gasteiger partial charge in [0.25, 0.3) is 0 Å². The molecule has 2 N–H and O–H groups in total. The molecule has 0 bridgehead atoms.